The van der Waals surface area contributed by atoms with Crippen LogP contribution in [-0.4, -0.2) is 28.2 Å². The molecule has 1 heterocycles. The van der Waals surface area contributed by atoms with Crippen molar-refractivity contribution in [1.82, 2.24) is 9.55 Å². The predicted molar refractivity (Wildman–Crippen MR) is 86.7 cm³/mol. The van der Waals surface area contributed by atoms with E-state index in [0.717, 1.165) is 51.6 Å². The first kappa shape index (κ1) is 16.0. The summed E-state index contributed by atoms with van der Waals surface area (Å²) in [5, 5.41) is 0. The first-order valence-electron chi connectivity index (χ1n) is 8.25. The number of aryl methyl sites for hydroxylation is 1. The Morgan fingerprint density at radius 3 is 2.62 bits per heavy atom. The van der Waals surface area contributed by atoms with Crippen LogP contribution in [0.4, 0.5) is 5.82 Å². The Morgan fingerprint density at radius 1 is 1.29 bits per heavy atom. The lowest BCUT2D eigenvalue weighted by atomic mass is 9.90. The second kappa shape index (κ2) is 7.59. The predicted octanol–water partition coefficient (Wildman–Crippen LogP) is 2.14. The van der Waals surface area contributed by atoms with Crippen LogP contribution < -0.4 is 16.2 Å². The molecule has 5 heteroatoms. The van der Waals surface area contributed by atoms with Crippen LogP contribution >= 0.6 is 0 Å². The number of anilines is 1. The molecule has 1 saturated carbocycles. The van der Waals surface area contributed by atoms with E-state index in [0.29, 0.717) is 17.9 Å². The van der Waals surface area contributed by atoms with E-state index in [9.17, 15) is 4.79 Å². The molecule has 0 radical (unpaired) electrons. The highest BCUT2D eigenvalue weighted by molar-refractivity contribution is 5.37. The van der Waals surface area contributed by atoms with Crippen LogP contribution in [0.3, 0.4) is 0 Å². The molecule has 2 rings (SSSR count). The summed E-state index contributed by atoms with van der Waals surface area (Å²) in [6.45, 7) is 5.87. The zero-order chi connectivity index (χ0) is 15.2. The van der Waals surface area contributed by atoms with Crippen molar-refractivity contribution < 1.29 is 0 Å². The minimum atomic E-state index is 0.0441. The van der Waals surface area contributed by atoms with E-state index in [4.69, 9.17) is 5.73 Å². The van der Waals surface area contributed by atoms with Gasteiger partial charge in [0.1, 0.15) is 0 Å². The maximum absolute atomic E-state index is 12.6. The summed E-state index contributed by atoms with van der Waals surface area (Å²) in [5.41, 5.74) is 6.05. The number of hydrogen-bond acceptors (Lipinski definition) is 4. The first-order chi connectivity index (χ1) is 10.2. The van der Waals surface area contributed by atoms with Crippen LogP contribution in [0, 0.1) is 0 Å². The topological polar surface area (TPSA) is 64.2 Å². The van der Waals surface area contributed by atoms with Crippen molar-refractivity contribution >= 4 is 5.82 Å². The molecule has 0 amide bonds. The molecule has 0 atom stereocenters. The molecule has 2 N–H and O–H groups in total. The monoisotopic (exact) mass is 292 g/mol. The van der Waals surface area contributed by atoms with Crippen LogP contribution in [0.25, 0.3) is 0 Å². The molecule has 1 aliphatic rings. The molecule has 1 aromatic rings. The Hall–Kier alpha value is -1.36. The Kier molecular flexibility index (Phi) is 5.79. The van der Waals surface area contributed by atoms with Gasteiger partial charge in [0.2, 0.25) is 0 Å². The largest absolute Gasteiger partial charge is 0.349 e. The summed E-state index contributed by atoms with van der Waals surface area (Å²) < 4.78 is 1.78. The summed E-state index contributed by atoms with van der Waals surface area (Å²) in [4.78, 5) is 19.2. The highest BCUT2D eigenvalue weighted by Crippen LogP contribution is 2.24. The van der Waals surface area contributed by atoms with Gasteiger partial charge in [-0.2, -0.15) is 0 Å². The molecule has 1 aromatic heterocycles. The van der Waals surface area contributed by atoms with E-state index in [2.05, 4.69) is 23.7 Å². The fourth-order valence-electron chi connectivity index (χ4n) is 3.17. The fraction of sp³-hybridized carbons (Fsp3) is 0.750. The summed E-state index contributed by atoms with van der Waals surface area (Å²) in [7, 11) is 0. The van der Waals surface area contributed by atoms with E-state index < -0.39 is 0 Å². The van der Waals surface area contributed by atoms with Gasteiger partial charge in [0.15, 0.2) is 5.82 Å². The van der Waals surface area contributed by atoms with E-state index >= 15 is 0 Å². The van der Waals surface area contributed by atoms with Gasteiger partial charge in [-0.05, 0) is 38.5 Å². The van der Waals surface area contributed by atoms with E-state index in [-0.39, 0.29) is 5.56 Å². The molecule has 5 nitrogen and oxygen atoms in total. The quantitative estimate of drug-likeness (QED) is 0.872. The minimum Gasteiger partial charge on any atom is -0.349 e. The lowest BCUT2D eigenvalue weighted by molar-refractivity contribution is 0.373. The van der Waals surface area contributed by atoms with Crippen molar-refractivity contribution in [2.75, 3.05) is 11.4 Å². The Balaban J connectivity index is 2.25. The SMILES string of the molecule is CCCN(c1nccn(CCC)c1=O)C1CCC(N)CC1. The van der Waals surface area contributed by atoms with Crippen LogP contribution in [-0.2, 0) is 6.54 Å². The summed E-state index contributed by atoms with van der Waals surface area (Å²) in [6.07, 6.45) is 9.72. The van der Waals surface area contributed by atoms with Gasteiger partial charge in [-0.15, -0.1) is 0 Å². The average molecular weight is 292 g/mol. The number of aromatic nitrogens is 2. The maximum atomic E-state index is 12.6. The summed E-state index contributed by atoms with van der Waals surface area (Å²) in [5.74, 6) is 0.619. The number of nitrogens with two attached hydrogens (primary N) is 1. The van der Waals surface area contributed by atoms with Gasteiger partial charge in [0.25, 0.3) is 5.56 Å². The van der Waals surface area contributed by atoms with Gasteiger partial charge in [-0.25, -0.2) is 4.98 Å². The van der Waals surface area contributed by atoms with Gasteiger partial charge in [0.05, 0.1) is 0 Å². The number of rotatable bonds is 6. The molecule has 0 aliphatic heterocycles. The van der Waals surface area contributed by atoms with Gasteiger partial charge in [-0.3, -0.25) is 4.79 Å². The van der Waals surface area contributed by atoms with Crippen molar-refractivity contribution in [3.8, 4) is 0 Å². The second-order valence-electron chi connectivity index (χ2n) is 6.01. The van der Waals surface area contributed by atoms with Gasteiger partial charge >= 0.3 is 0 Å². The van der Waals surface area contributed by atoms with Crippen molar-refractivity contribution in [1.29, 1.82) is 0 Å². The van der Waals surface area contributed by atoms with Crippen molar-refractivity contribution in [3.05, 3.63) is 22.7 Å². The molecule has 0 aromatic carbocycles. The van der Waals surface area contributed by atoms with Gasteiger partial charge in [0, 0.05) is 37.6 Å². The number of hydrogen-bond donors (Lipinski definition) is 1. The smallest absolute Gasteiger partial charge is 0.293 e. The third kappa shape index (κ3) is 3.84. The Bertz CT molecular complexity index is 491. The van der Waals surface area contributed by atoms with Gasteiger partial charge < -0.3 is 15.2 Å². The normalized spacial score (nSPS) is 22.2. The van der Waals surface area contributed by atoms with Crippen molar-refractivity contribution in [2.24, 2.45) is 5.73 Å². The van der Waals surface area contributed by atoms with Crippen LogP contribution in [0.2, 0.25) is 0 Å². The van der Waals surface area contributed by atoms with E-state index in [1.165, 1.54) is 0 Å². The molecule has 1 fully saturated rings. The highest BCUT2D eigenvalue weighted by Gasteiger charge is 2.26. The zero-order valence-corrected chi connectivity index (χ0v) is 13.3. The standard InChI is InChI=1S/C16H28N4O/c1-3-10-19-12-9-18-15(16(19)21)20(11-4-2)14-7-5-13(17)6-8-14/h9,12-14H,3-8,10-11,17H2,1-2H3. The molecule has 0 saturated heterocycles. The molecule has 21 heavy (non-hydrogen) atoms. The molecule has 0 unspecified atom stereocenters. The minimum absolute atomic E-state index is 0.0441. The van der Waals surface area contributed by atoms with Crippen molar-refractivity contribution in [2.45, 2.75) is 71.0 Å². The lowest BCUT2D eigenvalue weighted by Crippen LogP contribution is -2.44. The van der Waals surface area contributed by atoms with Crippen LogP contribution in [0.15, 0.2) is 17.2 Å². The van der Waals surface area contributed by atoms with Gasteiger partial charge in [-0.1, -0.05) is 13.8 Å². The molecule has 0 spiro atoms. The molecule has 1 aliphatic carbocycles. The molecular weight excluding hydrogens is 264 g/mol. The maximum Gasteiger partial charge on any atom is 0.293 e. The molecule has 118 valence electrons. The summed E-state index contributed by atoms with van der Waals surface area (Å²) in [6, 6.07) is 0.729. The number of nitrogens with zero attached hydrogens (tertiary/aromatic N) is 3. The van der Waals surface area contributed by atoms with Crippen molar-refractivity contribution in [3.63, 3.8) is 0 Å². The Labute approximate surface area is 127 Å². The zero-order valence-electron chi connectivity index (χ0n) is 13.3. The molecule has 0 bridgehead atoms. The summed E-state index contributed by atoms with van der Waals surface area (Å²) >= 11 is 0. The molecular formula is C16H28N4O. The third-order valence-corrected chi connectivity index (χ3v) is 4.28. The van der Waals surface area contributed by atoms with Crippen LogP contribution in [0.1, 0.15) is 52.4 Å². The fourth-order valence-corrected chi connectivity index (χ4v) is 3.17. The third-order valence-electron chi connectivity index (χ3n) is 4.28. The van der Waals surface area contributed by atoms with E-state index in [1.807, 2.05) is 0 Å². The van der Waals surface area contributed by atoms with Crippen LogP contribution in [0.5, 0.6) is 0 Å². The lowest BCUT2D eigenvalue weighted by Gasteiger charge is -2.36. The second-order valence-corrected chi connectivity index (χ2v) is 6.01. The first-order valence-corrected chi connectivity index (χ1v) is 8.25. The van der Waals surface area contributed by atoms with E-state index in [1.54, 1.807) is 17.0 Å². The average Bonchev–Trinajstić information content (AvgIpc) is 2.49. The highest BCUT2D eigenvalue weighted by atomic mass is 16.1. The Morgan fingerprint density at radius 2 is 2.00 bits per heavy atom.